The standard InChI is InChI=1S/C13H10Br2O2/c1-8-2-3-9(6-11(8)14)17-10-4-5-13(16)12(15)7-10/h2-7,16H,1H3. The molecule has 1 N–H and O–H groups in total. The Balaban J connectivity index is 2.25. The Kier molecular flexibility index (Phi) is 3.74. The van der Waals surface area contributed by atoms with E-state index in [4.69, 9.17) is 4.74 Å². The smallest absolute Gasteiger partial charge is 0.130 e. The highest BCUT2D eigenvalue weighted by atomic mass is 79.9. The van der Waals surface area contributed by atoms with Gasteiger partial charge in [0.25, 0.3) is 0 Å². The van der Waals surface area contributed by atoms with Crippen molar-refractivity contribution < 1.29 is 9.84 Å². The lowest BCUT2D eigenvalue weighted by Gasteiger charge is -2.08. The van der Waals surface area contributed by atoms with E-state index in [0.717, 1.165) is 15.8 Å². The maximum absolute atomic E-state index is 9.38. The van der Waals surface area contributed by atoms with Crippen LogP contribution in [0.2, 0.25) is 0 Å². The van der Waals surface area contributed by atoms with Gasteiger partial charge in [-0.25, -0.2) is 0 Å². The minimum Gasteiger partial charge on any atom is -0.507 e. The number of aryl methyl sites for hydroxylation is 1. The van der Waals surface area contributed by atoms with Crippen molar-refractivity contribution in [1.29, 1.82) is 0 Å². The van der Waals surface area contributed by atoms with Crippen LogP contribution >= 0.6 is 31.9 Å². The van der Waals surface area contributed by atoms with Crippen molar-refractivity contribution in [3.63, 3.8) is 0 Å². The largest absolute Gasteiger partial charge is 0.507 e. The first kappa shape index (κ1) is 12.5. The van der Waals surface area contributed by atoms with Crippen LogP contribution in [0.1, 0.15) is 5.56 Å². The lowest BCUT2D eigenvalue weighted by Crippen LogP contribution is -1.85. The van der Waals surface area contributed by atoms with Crippen molar-refractivity contribution in [1.82, 2.24) is 0 Å². The van der Waals surface area contributed by atoms with Crippen LogP contribution in [0.3, 0.4) is 0 Å². The highest BCUT2D eigenvalue weighted by molar-refractivity contribution is 9.10. The molecule has 2 aromatic rings. The molecule has 0 saturated carbocycles. The molecule has 0 aliphatic heterocycles. The van der Waals surface area contributed by atoms with Gasteiger partial charge in [-0.15, -0.1) is 0 Å². The first-order valence-electron chi connectivity index (χ1n) is 4.99. The van der Waals surface area contributed by atoms with Crippen molar-refractivity contribution in [3.05, 3.63) is 50.9 Å². The average molecular weight is 358 g/mol. The Labute approximate surface area is 116 Å². The van der Waals surface area contributed by atoms with E-state index < -0.39 is 0 Å². The normalized spacial score (nSPS) is 10.3. The van der Waals surface area contributed by atoms with Crippen molar-refractivity contribution in [2.75, 3.05) is 0 Å². The van der Waals surface area contributed by atoms with E-state index in [2.05, 4.69) is 31.9 Å². The summed E-state index contributed by atoms with van der Waals surface area (Å²) in [5.41, 5.74) is 1.16. The Morgan fingerprint density at radius 2 is 1.53 bits per heavy atom. The highest BCUT2D eigenvalue weighted by Crippen LogP contribution is 2.31. The summed E-state index contributed by atoms with van der Waals surface area (Å²) in [4.78, 5) is 0. The third-order valence-electron chi connectivity index (χ3n) is 2.30. The SMILES string of the molecule is Cc1ccc(Oc2ccc(O)c(Br)c2)cc1Br. The quantitative estimate of drug-likeness (QED) is 0.817. The van der Waals surface area contributed by atoms with E-state index in [-0.39, 0.29) is 5.75 Å². The fourth-order valence-corrected chi connectivity index (χ4v) is 2.04. The van der Waals surface area contributed by atoms with Gasteiger partial charge in [-0.2, -0.15) is 0 Å². The summed E-state index contributed by atoms with van der Waals surface area (Å²) in [6, 6.07) is 10.8. The van der Waals surface area contributed by atoms with Gasteiger partial charge in [-0.1, -0.05) is 22.0 Å². The third kappa shape index (κ3) is 3.01. The van der Waals surface area contributed by atoms with Crippen molar-refractivity contribution in [3.8, 4) is 17.2 Å². The molecular weight excluding hydrogens is 348 g/mol. The summed E-state index contributed by atoms with van der Waals surface area (Å²) in [5, 5.41) is 9.38. The predicted molar refractivity (Wildman–Crippen MR) is 74.8 cm³/mol. The summed E-state index contributed by atoms with van der Waals surface area (Å²) >= 11 is 6.70. The number of benzene rings is 2. The third-order valence-corrected chi connectivity index (χ3v) is 3.79. The Morgan fingerprint density at radius 1 is 0.941 bits per heavy atom. The molecule has 88 valence electrons. The summed E-state index contributed by atoms with van der Waals surface area (Å²) in [7, 11) is 0. The molecule has 2 rings (SSSR count). The zero-order valence-corrected chi connectivity index (χ0v) is 12.2. The molecule has 0 aliphatic carbocycles. The fraction of sp³-hybridized carbons (Fsp3) is 0.0769. The number of halogens is 2. The second-order valence-electron chi connectivity index (χ2n) is 3.63. The van der Waals surface area contributed by atoms with Crippen molar-refractivity contribution in [2.24, 2.45) is 0 Å². The molecular formula is C13H10Br2O2. The van der Waals surface area contributed by atoms with Gasteiger partial charge in [-0.05, 0) is 58.7 Å². The van der Waals surface area contributed by atoms with Gasteiger partial charge in [0.2, 0.25) is 0 Å². The summed E-state index contributed by atoms with van der Waals surface area (Å²) in [6.07, 6.45) is 0. The van der Waals surface area contributed by atoms with E-state index in [1.54, 1.807) is 18.2 Å². The molecule has 2 aromatic carbocycles. The first-order chi connectivity index (χ1) is 8.06. The number of rotatable bonds is 2. The second-order valence-corrected chi connectivity index (χ2v) is 5.33. The van der Waals surface area contributed by atoms with Crippen LogP contribution in [0.5, 0.6) is 17.2 Å². The van der Waals surface area contributed by atoms with Crippen LogP contribution in [0.4, 0.5) is 0 Å². The second kappa shape index (κ2) is 5.10. The number of phenols is 1. The Morgan fingerprint density at radius 3 is 2.12 bits per heavy atom. The van der Waals surface area contributed by atoms with Crippen LogP contribution < -0.4 is 4.74 Å². The van der Waals surface area contributed by atoms with E-state index in [1.807, 2.05) is 25.1 Å². The maximum Gasteiger partial charge on any atom is 0.130 e. The molecule has 17 heavy (non-hydrogen) atoms. The molecule has 0 atom stereocenters. The molecule has 4 heteroatoms. The lowest BCUT2D eigenvalue weighted by molar-refractivity contribution is 0.461. The van der Waals surface area contributed by atoms with Crippen LogP contribution in [0.25, 0.3) is 0 Å². The van der Waals surface area contributed by atoms with E-state index in [0.29, 0.717) is 10.2 Å². The van der Waals surface area contributed by atoms with Gasteiger partial charge in [0.1, 0.15) is 17.2 Å². The number of ether oxygens (including phenoxy) is 1. The fourth-order valence-electron chi connectivity index (χ4n) is 1.32. The minimum atomic E-state index is 0.197. The molecule has 0 spiro atoms. The Bertz CT molecular complexity index is 504. The monoisotopic (exact) mass is 356 g/mol. The molecule has 2 nitrogen and oxygen atoms in total. The number of hydrogen-bond acceptors (Lipinski definition) is 2. The van der Waals surface area contributed by atoms with E-state index in [9.17, 15) is 5.11 Å². The van der Waals surface area contributed by atoms with Crippen LogP contribution in [-0.2, 0) is 0 Å². The molecule has 0 amide bonds. The zero-order valence-electron chi connectivity index (χ0n) is 9.08. The molecule has 0 radical (unpaired) electrons. The van der Waals surface area contributed by atoms with Crippen LogP contribution in [-0.4, -0.2) is 5.11 Å². The van der Waals surface area contributed by atoms with Crippen molar-refractivity contribution >= 4 is 31.9 Å². The Hall–Kier alpha value is -1.000. The van der Waals surface area contributed by atoms with Crippen LogP contribution in [0, 0.1) is 6.92 Å². The molecule has 0 bridgehead atoms. The topological polar surface area (TPSA) is 29.5 Å². The van der Waals surface area contributed by atoms with Gasteiger partial charge in [0.05, 0.1) is 4.47 Å². The molecule has 0 aromatic heterocycles. The highest BCUT2D eigenvalue weighted by Gasteiger charge is 2.03. The molecule has 0 saturated heterocycles. The van der Waals surface area contributed by atoms with Gasteiger partial charge in [-0.3, -0.25) is 0 Å². The van der Waals surface area contributed by atoms with Gasteiger partial charge in [0.15, 0.2) is 0 Å². The van der Waals surface area contributed by atoms with E-state index >= 15 is 0 Å². The number of phenolic OH excluding ortho intramolecular Hbond substituents is 1. The number of hydrogen-bond donors (Lipinski definition) is 1. The van der Waals surface area contributed by atoms with Gasteiger partial charge in [0, 0.05) is 4.47 Å². The lowest BCUT2D eigenvalue weighted by atomic mass is 10.2. The molecule has 0 unspecified atom stereocenters. The summed E-state index contributed by atoms with van der Waals surface area (Å²) in [5.74, 6) is 1.62. The summed E-state index contributed by atoms with van der Waals surface area (Å²) < 4.78 is 7.30. The van der Waals surface area contributed by atoms with Crippen LogP contribution in [0.15, 0.2) is 45.3 Å². The molecule has 0 fully saturated rings. The summed E-state index contributed by atoms with van der Waals surface area (Å²) in [6.45, 7) is 2.02. The minimum absolute atomic E-state index is 0.197. The number of aromatic hydroxyl groups is 1. The van der Waals surface area contributed by atoms with Gasteiger partial charge >= 0.3 is 0 Å². The van der Waals surface area contributed by atoms with Crippen molar-refractivity contribution in [2.45, 2.75) is 6.92 Å². The van der Waals surface area contributed by atoms with Gasteiger partial charge < -0.3 is 9.84 Å². The first-order valence-corrected chi connectivity index (χ1v) is 6.57. The predicted octanol–water partition coefficient (Wildman–Crippen LogP) is 5.02. The molecule has 0 heterocycles. The average Bonchev–Trinajstić information content (AvgIpc) is 2.29. The van der Waals surface area contributed by atoms with E-state index in [1.165, 1.54) is 0 Å². The zero-order chi connectivity index (χ0) is 12.4. The maximum atomic E-state index is 9.38. The molecule has 0 aliphatic rings.